The van der Waals surface area contributed by atoms with Gasteiger partial charge in [0.2, 0.25) is 0 Å². The van der Waals surface area contributed by atoms with Gasteiger partial charge in [-0.1, -0.05) is 6.07 Å². The molecule has 0 aliphatic heterocycles. The normalized spacial score (nSPS) is 10.0. The van der Waals surface area contributed by atoms with Gasteiger partial charge in [-0.15, -0.1) is 0 Å². The highest BCUT2D eigenvalue weighted by Crippen LogP contribution is 2.16. The molecule has 0 fully saturated rings. The molecule has 0 aliphatic rings. The number of hydrogen-bond donors (Lipinski definition) is 1. The average molecular weight is 188 g/mol. The summed E-state index contributed by atoms with van der Waals surface area (Å²) in [5, 5.41) is 8.85. The zero-order valence-electron chi connectivity index (χ0n) is 7.29. The van der Waals surface area contributed by atoms with E-state index in [9.17, 15) is 4.79 Å². The number of rotatable bonds is 1. The number of pyridine rings is 1. The zero-order chi connectivity index (χ0) is 9.97. The summed E-state index contributed by atoms with van der Waals surface area (Å²) in [6.45, 7) is 0. The third kappa shape index (κ3) is 1.37. The Labute approximate surface area is 80.4 Å². The Kier molecular flexibility index (Phi) is 2.02. The molecule has 0 radical (unpaired) electrons. The van der Waals surface area contributed by atoms with Crippen LogP contribution >= 0.6 is 0 Å². The van der Waals surface area contributed by atoms with Gasteiger partial charge in [-0.3, -0.25) is 9.55 Å². The maximum atomic E-state index is 10.8. The van der Waals surface area contributed by atoms with E-state index in [0.29, 0.717) is 11.4 Å². The monoisotopic (exact) mass is 188 g/mol. The van der Waals surface area contributed by atoms with Gasteiger partial charge in [0.15, 0.2) is 0 Å². The molecule has 0 aliphatic carbocycles. The van der Waals surface area contributed by atoms with Crippen molar-refractivity contribution in [3.05, 3.63) is 42.7 Å². The van der Waals surface area contributed by atoms with Crippen molar-refractivity contribution in [2.75, 3.05) is 0 Å². The first-order chi connectivity index (χ1) is 6.79. The fourth-order valence-corrected chi connectivity index (χ4v) is 1.27. The van der Waals surface area contributed by atoms with E-state index in [-0.39, 0.29) is 0 Å². The molecule has 0 bridgehead atoms. The molecule has 0 atom stereocenters. The van der Waals surface area contributed by atoms with Crippen molar-refractivity contribution in [2.24, 2.45) is 0 Å². The van der Waals surface area contributed by atoms with Gasteiger partial charge < -0.3 is 5.11 Å². The van der Waals surface area contributed by atoms with Gasteiger partial charge in [0.1, 0.15) is 0 Å². The van der Waals surface area contributed by atoms with Gasteiger partial charge in [-0.25, -0.2) is 4.79 Å². The standard InChI is InChI=1S/C10H8N2O2/c13-10(14)12-7-3-5-9(12)8-4-1-2-6-11-8/h1-7H,(H,13,14). The lowest BCUT2D eigenvalue weighted by Gasteiger charge is -2.01. The third-order valence-corrected chi connectivity index (χ3v) is 1.88. The van der Waals surface area contributed by atoms with Crippen molar-refractivity contribution in [1.82, 2.24) is 9.55 Å². The van der Waals surface area contributed by atoms with E-state index in [0.717, 1.165) is 4.57 Å². The lowest BCUT2D eigenvalue weighted by molar-refractivity contribution is 0.197. The minimum absolute atomic E-state index is 0.582. The summed E-state index contributed by atoms with van der Waals surface area (Å²) in [4.78, 5) is 14.9. The third-order valence-electron chi connectivity index (χ3n) is 1.88. The summed E-state index contributed by atoms with van der Waals surface area (Å²) in [5.74, 6) is 0. The fourth-order valence-electron chi connectivity index (χ4n) is 1.27. The van der Waals surface area contributed by atoms with Crippen LogP contribution in [-0.4, -0.2) is 20.8 Å². The molecule has 4 nitrogen and oxygen atoms in total. The Morgan fingerprint density at radius 3 is 2.79 bits per heavy atom. The molecular formula is C10H8N2O2. The molecule has 0 saturated heterocycles. The molecule has 2 aromatic heterocycles. The van der Waals surface area contributed by atoms with Gasteiger partial charge in [-0.05, 0) is 24.3 Å². The number of carbonyl (C=O) groups is 1. The molecule has 0 saturated carbocycles. The predicted molar refractivity (Wildman–Crippen MR) is 51.1 cm³/mol. The highest BCUT2D eigenvalue weighted by molar-refractivity contribution is 5.75. The second-order valence-corrected chi connectivity index (χ2v) is 2.76. The van der Waals surface area contributed by atoms with Crippen LogP contribution in [0.2, 0.25) is 0 Å². The Balaban J connectivity index is 2.52. The first-order valence-electron chi connectivity index (χ1n) is 4.11. The second-order valence-electron chi connectivity index (χ2n) is 2.76. The maximum absolute atomic E-state index is 10.8. The van der Waals surface area contributed by atoms with Crippen LogP contribution in [0.4, 0.5) is 4.79 Å². The van der Waals surface area contributed by atoms with Gasteiger partial charge in [-0.2, -0.15) is 0 Å². The summed E-state index contributed by atoms with van der Waals surface area (Å²) in [5.41, 5.74) is 1.23. The molecule has 2 rings (SSSR count). The summed E-state index contributed by atoms with van der Waals surface area (Å²) in [7, 11) is 0. The van der Waals surface area contributed by atoms with Gasteiger partial charge in [0.05, 0.1) is 11.4 Å². The van der Waals surface area contributed by atoms with Crippen LogP contribution in [0.1, 0.15) is 0 Å². The molecule has 0 aromatic carbocycles. The van der Waals surface area contributed by atoms with Crippen molar-refractivity contribution >= 4 is 6.09 Å². The maximum Gasteiger partial charge on any atom is 0.416 e. The molecule has 70 valence electrons. The molecule has 0 amide bonds. The Morgan fingerprint density at radius 2 is 2.14 bits per heavy atom. The smallest absolute Gasteiger partial charge is 0.416 e. The zero-order valence-corrected chi connectivity index (χ0v) is 7.29. The van der Waals surface area contributed by atoms with Crippen molar-refractivity contribution in [1.29, 1.82) is 0 Å². The van der Waals surface area contributed by atoms with Crippen LogP contribution in [0.25, 0.3) is 11.4 Å². The van der Waals surface area contributed by atoms with Crippen LogP contribution in [0.5, 0.6) is 0 Å². The van der Waals surface area contributed by atoms with Crippen LogP contribution in [0.3, 0.4) is 0 Å². The van der Waals surface area contributed by atoms with E-state index in [4.69, 9.17) is 5.11 Å². The van der Waals surface area contributed by atoms with E-state index in [1.165, 1.54) is 6.20 Å². The topological polar surface area (TPSA) is 55.1 Å². The summed E-state index contributed by atoms with van der Waals surface area (Å²) in [6, 6.07) is 8.78. The van der Waals surface area contributed by atoms with E-state index in [1.54, 1.807) is 30.5 Å². The molecule has 1 N–H and O–H groups in total. The van der Waals surface area contributed by atoms with Crippen LogP contribution in [0, 0.1) is 0 Å². The van der Waals surface area contributed by atoms with Crippen molar-refractivity contribution in [3.63, 3.8) is 0 Å². The van der Waals surface area contributed by atoms with Crippen LogP contribution < -0.4 is 0 Å². The highest BCUT2D eigenvalue weighted by atomic mass is 16.4. The Bertz CT molecular complexity index is 448. The van der Waals surface area contributed by atoms with Crippen molar-refractivity contribution < 1.29 is 9.90 Å². The largest absolute Gasteiger partial charge is 0.464 e. The van der Waals surface area contributed by atoms with E-state index >= 15 is 0 Å². The Hall–Kier alpha value is -2.10. The minimum Gasteiger partial charge on any atom is -0.464 e. The molecule has 0 spiro atoms. The second kappa shape index (κ2) is 3.33. The molecule has 4 heteroatoms. The number of aromatic nitrogens is 2. The molecule has 2 aromatic rings. The Morgan fingerprint density at radius 1 is 1.29 bits per heavy atom. The number of hydrogen-bond acceptors (Lipinski definition) is 2. The van der Waals surface area contributed by atoms with Crippen LogP contribution in [-0.2, 0) is 0 Å². The molecule has 14 heavy (non-hydrogen) atoms. The SMILES string of the molecule is O=C(O)n1cccc1-c1ccccn1. The summed E-state index contributed by atoms with van der Waals surface area (Å²) in [6.07, 6.45) is 2.12. The predicted octanol–water partition coefficient (Wildman–Crippen LogP) is 2.08. The summed E-state index contributed by atoms with van der Waals surface area (Å²) >= 11 is 0. The average Bonchev–Trinajstić information content (AvgIpc) is 2.67. The van der Waals surface area contributed by atoms with Crippen molar-refractivity contribution in [2.45, 2.75) is 0 Å². The lowest BCUT2D eigenvalue weighted by Crippen LogP contribution is -2.07. The fraction of sp³-hybridized carbons (Fsp3) is 0. The minimum atomic E-state index is -1.00. The first kappa shape index (κ1) is 8.50. The highest BCUT2D eigenvalue weighted by Gasteiger charge is 2.08. The molecule has 0 unspecified atom stereocenters. The van der Waals surface area contributed by atoms with Crippen LogP contribution in [0.15, 0.2) is 42.7 Å². The van der Waals surface area contributed by atoms with Gasteiger partial charge in [0.25, 0.3) is 0 Å². The van der Waals surface area contributed by atoms with Gasteiger partial charge >= 0.3 is 6.09 Å². The van der Waals surface area contributed by atoms with E-state index < -0.39 is 6.09 Å². The lowest BCUT2D eigenvalue weighted by atomic mass is 10.3. The summed E-state index contributed by atoms with van der Waals surface area (Å²) < 4.78 is 1.14. The van der Waals surface area contributed by atoms with Crippen molar-refractivity contribution in [3.8, 4) is 11.4 Å². The van der Waals surface area contributed by atoms with E-state index in [1.807, 2.05) is 6.07 Å². The quantitative estimate of drug-likeness (QED) is 0.745. The first-order valence-corrected chi connectivity index (χ1v) is 4.11. The molecule has 2 heterocycles. The number of carboxylic acid groups (broad SMARTS) is 1. The number of nitrogens with zero attached hydrogens (tertiary/aromatic N) is 2. The van der Waals surface area contributed by atoms with Gasteiger partial charge in [0, 0.05) is 12.4 Å². The molecular weight excluding hydrogens is 180 g/mol. The van der Waals surface area contributed by atoms with E-state index in [2.05, 4.69) is 4.98 Å².